The van der Waals surface area contributed by atoms with Crippen molar-refractivity contribution in [2.45, 2.75) is 19.3 Å². The highest BCUT2D eigenvalue weighted by Gasteiger charge is 2.14. The lowest BCUT2D eigenvalue weighted by Gasteiger charge is -2.14. The molecule has 2 nitrogen and oxygen atoms in total. The Morgan fingerprint density at radius 3 is 2.93 bits per heavy atom. The van der Waals surface area contributed by atoms with Gasteiger partial charge >= 0.3 is 0 Å². The summed E-state index contributed by atoms with van der Waals surface area (Å²) in [7, 11) is 0. The summed E-state index contributed by atoms with van der Waals surface area (Å²) in [5.74, 6) is 0.334. The molecule has 0 amide bonds. The molecule has 2 heteroatoms. The quantitative estimate of drug-likeness (QED) is 0.793. The zero-order chi connectivity index (χ0) is 10.7. The Bertz CT molecular complexity index is 405. The Morgan fingerprint density at radius 1 is 1.27 bits per heavy atom. The summed E-state index contributed by atoms with van der Waals surface area (Å²) >= 11 is 0. The largest absolute Gasteiger partial charge is 0.392 e. The first kappa shape index (κ1) is 10.1. The van der Waals surface area contributed by atoms with Crippen LogP contribution in [0.15, 0.2) is 24.3 Å². The number of fused-ring (bicyclic) bond motifs is 1. The normalized spacial score (nSPS) is 15.7. The molecule has 0 radical (unpaired) electrons. The van der Waals surface area contributed by atoms with Gasteiger partial charge in [-0.2, -0.15) is 0 Å². The summed E-state index contributed by atoms with van der Waals surface area (Å²) in [6, 6.07) is 6.11. The number of carbonyl (C=O) groups is 1. The van der Waals surface area contributed by atoms with Gasteiger partial charge < -0.3 is 5.11 Å². The molecule has 0 bridgehead atoms. The third-order valence-electron chi connectivity index (χ3n) is 2.71. The Labute approximate surface area is 89.2 Å². The highest BCUT2D eigenvalue weighted by molar-refractivity contribution is 5.83. The maximum Gasteiger partial charge on any atom is 0.137 e. The van der Waals surface area contributed by atoms with Crippen LogP contribution in [0.1, 0.15) is 23.1 Å². The van der Waals surface area contributed by atoms with Gasteiger partial charge in [-0.15, -0.1) is 0 Å². The molecule has 0 spiro atoms. The fourth-order valence-electron chi connectivity index (χ4n) is 1.92. The molecule has 2 rings (SSSR count). The zero-order valence-electron chi connectivity index (χ0n) is 8.57. The first-order valence-electron chi connectivity index (χ1n) is 5.20. The van der Waals surface area contributed by atoms with Crippen molar-refractivity contribution in [2.75, 3.05) is 6.61 Å². The molecular formula is C13H14O2. The lowest BCUT2D eigenvalue weighted by molar-refractivity contribution is -0.118. The van der Waals surface area contributed by atoms with Gasteiger partial charge in [0.2, 0.25) is 0 Å². The van der Waals surface area contributed by atoms with E-state index >= 15 is 0 Å². The first-order chi connectivity index (χ1) is 7.29. The molecule has 0 saturated carbocycles. The minimum Gasteiger partial charge on any atom is -0.392 e. The lowest BCUT2D eigenvalue weighted by Crippen LogP contribution is -2.13. The van der Waals surface area contributed by atoms with E-state index in [1.165, 1.54) is 5.56 Å². The number of hydrogen-bond donors (Lipinski definition) is 1. The molecule has 0 unspecified atom stereocenters. The number of ketones is 1. The van der Waals surface area contributed by atoms with E-state index < -0.39 is 0 Å². The molecular weight excluding hydrogens is 188 g/mol. The number of carbonyl (C=O) groups excluding carboxylic acids is 1. The van der Waals surface area contributed by atoms with Gasteiger partial charge in [0.15, 0.2) is 0 Å². The van der Waals surface area contributed by atoms with Crippen molar-refractivity contribution >= 4 is 11.9 Å². The van der Waals surface area contributed by atoms with Gasteiger partial charge in [0, 0.05) is 12.8 Å². The van der Waals surface area contributed by atoms with Crippen LogP contribution in [0.4, 0.5) is 0 Å². The molecule has 78 valence electrons. The minimum atomic E-state index is 0.0651. The third-order valence-corrected chi connectivity index (χ3v) is 2.71. The van der Waals surface area contributed by atoms with Gasteiger partial charge in [0.05, 0.1) is 6.61 Å². The van der Waals surface area contributed by atoms with Crippen LogP contribution >= 0.6 is 0 Å². The number of benzene rings is 1. The molecule has 1 aliphatic rings. The van der Waals surface area contributed by atoms with Gasteiger partial charge in [-0.3, -0.25) is 4.79 Å². The van der Waals surface area contributed by atoms with Crippen molar-refractivity contribution < 1.29 is 9.90 Å². The second-order valence-corrected chi connectivity index (χ2v) is 3.83. The monoisotopic (exact) mass is 202 g/mol. The minimum absolute atomic E-state index is 0.0651. The average Bonchev–Trinajstić information content (AvgIpc) is 2.26. The van der Waals surface area contributed by atoms with Gasteiger partial charge in [-0.05, 0) is 23.1 Å². The van der Waals surface area contributed by atoms with E-state index in [1.807, 2.05) is 18.2 Å². The predicted octanol–water partition coefficient (Wildman–Crippen LogP) is 1.75. The summed E-state index contributed by atoms with van der Waals surface area (Å²) in [5, 5.41) is 8.67. The van der Waals surface area contributed by atoms with E-state index in [2.05, 4.69) is 6.07 Å². The zero-order valence-corrected chi connectivity index (χ0v) is 8.57. The second kappa shape index (κ2) is 4.41. The number of rotatable bonds is 2. The molecule has 15 heavy (non-hydrogen) atoms. The van der Waals surface area contributed by atoms with Crippen molar-refractivity contribution in [3.05, 3.63) is 41.0 Å². The van der Waals surface area contributed by atoms with E-state index in [4.69, 9.17) is 5.11 Å². The van der Waals surface area contributed by atoms with Crippen LogP contribution in [0.5, 0.6) is 0 Å². The number of aliphatic hydroxyl groups is 1. The Morgan fingerprint density at radius 2 is 2.13 bits per heavy atom. The Hall–Kier alpha value is -1.41. The summed E-state index contributed by atoms with van der Waals surface area (Å²) in [6.07, 6.45) is 5.72. The van der Waals surface area contributed by atoms with E-state index in [-0.39, 0.29) is 6.61 Å². The number of aliphatic hydroxyl groups excluding tert-OH is 1. The van der Waals surface area contributed by atoms with Gasteiger partial charge in [0.1, 0.15) is 5.78 Å². The van der Waals surface area contributed by atoms with Crippen LogP contribution in [0.3, 0.4) is 0 Å². The molecule has 0 aliphatic heterocycles. The van der Waals surface area contributed by atoms with Crippen molar-refractivity contribution in [1.29, 1.82) is 0 Å². The van der Waals surface area contributed by atoms with Gasteiger partial charge in [-0.1, -0.05) is 30.4 Å². The number of Topliss-reactive ketones (excluding diaryl/α,β-unsaturated/α-hetero) is 1. The number of aryl methyl sites for hydroxylation is 1. The molecule has 0 saturated heterocycles. The first-order valence-corrected chi connectivity index (χ1v) is 5.20. The maximum absolute atomic E-state index is 11.2. The van der Waals surface area contributed by atoms with E-state index in [9.17, 15) is 4.79 Å². The van der Waals surface area contributed by atoms with Crippen molar-refractivity contribution in [3.8, 4) is 0 Å². The van der Waals surface area contributed by atoms with E-state index in [0.29, 0.717) is 18.6 Å². The Kier molecular flexibility index (Phi) is 2.97. The second-order valence-electron chi connectivity index (χ2n) is 3.83. The molecule has 0 heterocycles. The molecule has 1 aliphatic carbocycles. The van der Waals surface area contributed by atoms with Gasteiger partial charge in [0.25, 0.3) is 0 Å². The fourth-order valence-corrected chi connectivity index (χ4v) is 1.92. The average molecular weight is 202 g/mol. The van der Waals surface area contributed by atoms with Crippen LogP contribution < -0.4 is 0 Å². The van der Waals surface area contributed by atoms with Crippen LogP contribution in [0, 0.1) is 0 Å². The third kappa shape index (κ3) is 2.34. The van der Waals surface area contributed by atoms with Crippen LogP contribution in [-0.2, 0) is 17.6 Å². The topological polar surface area (TPSA) is 37.3 Å². The van der Waals surface area contributed by atoms with E-state index in [0.717, 1.165) is 17.5 Å². The maximum atomic E-state index is 11.2. The summed E-state index contributed by atoms with van der Waals surface area (Å²) in [6.45, 7) is 0.0651. The van der Waals surface area contributed by atoms with Crippen LogP contribution in [-0.4, -0.2) is 17.5 Å². The summed E-state index contributed by atoms with van der Waals surface area (Å²) in [4.78, 5) is 11.2. The van der Waals surface area contributed by atoms with Crippen LogP contribution in [0.2, 0.25) is 0 Å². The van der Waals surface area contributed by atoms with Gasteiger partial charge in [-0.25, -0.2) is 0 Å². The van der Waals surface area contributed by atoms with E-state index in [1.54, 1.807) is 6.08 Å². The SMILES string of the molecule is O=C1CCc2cc(C=CCO)ccc2C1. The highest BCUT2D eigenvalue weighted by atomic mass is 16.2. The molecule has 0 fully saturated rings. The van der Waals surface area contributed by atoms with Crippen molar-refractivity contribution in [1.82, 2.24) is 0 Å². The van der Waals surface area contributed by atoms with Crippen molar-refractivity contribution in [3.63, 3.8) is 0 Å². The van der Waals surface area contributed by atoms with Crippen molar-refractivity contribution in [2.24, 2.45) is 0 Å². The predicted molar refractivity (Wildman–Crippen MR) is 59.6 cm³/mol. The highest BCUT2D eigenvalue weighted by Crippen LogP contribution is 2.21. The number of hydrogen-bond acceptors (Lipinski definition) is 2. The summed E-state index contributed by atoms with van der Waals surface area (Å²) < 4.78 is 0. The molecule has 0 atom stereocenters. The fraction of sp³-hybridized carbons (Fsp3) is 0.308. The lowest BCUT2D eigenvalue weighted by atomic mass is 9.89. The molecule has 1 N–H and O–H groups in total. The molecule has 1 aromatic rings. The van der Waals surface area contributed by atoms with Crippen LogP contribution in [0.25, 0.3) is 6.08 Å². The standard InChI is InChI=1S/C13H14O2/c14-7-1-2-10-3-4-12-9-13(15)6-5-11(12)8-10/h1-4,8,14H,5-7,9H2. The smallest absolute Gasteiger partial charge is 0.137 e. The summed E-state index contributed by atoms with van der Waals surface area (Å²) in [5.41, 5.74) is 3.53. The molecule has 1 aromatic carbocycles. The Balaban J connectivity index is 2.26. The molecule has 0 aromatic heterocycles.